The van der Waals surface area contributed by atoms with Crippen molar-refractivity contribution in [3.63, 3.8) is 0 Å². The molecule has 7 heteroatoms. The van der Waals surface area contributed by atoms with E-state index in [0.29, 0.717) is 7.14 Å². The minimum absolute atomic E-state index is 0.0864. The molecule has 1 heterocycles. The Hall–Kier alpha value is -0.0600. The molecule has 0 aromatic carbocycles. The van der Waals surface area contributed by atoms with Gasteiger partial charge in [-0.2, -0.15) is 0 Å². The zero-order valence-corrected chi connectivity index (χ0v) is 13.2. The highest BCUT2D eigenvalue weighted by Crippen LogP contribution is 2.30. The lowest BCUT2D eigenvalue weighted by atomic mass is 10.1. The van der Waals surface area contributed by atoms with Crippen LogP contribution in [0, 0.1) is 7.14 Å². The first-order valence-electron chi connectivity index (χ1n) is 4.73. The number of carbonyl (C=O) groups is 1. The Morgan fingerprint density at radius 2 is 2.18 bits per heavy atom. The molecule has 1 aromatic rings. The Morgan fingerprint density at radius 1 is 1.53 bits per heavy atom. The molecular weight excluding hydrogens is 458 g/mol. The lowest BCUT2D eigenvalue weighted by Crippen LogP contribution is -2.12. The molecule has 0 aliphatic rings. The smallest absolute Gasteiger partial charge is 0.311 e. The second kappa shape index (κ2) is 6.76. The van der Waals surface area contributed by atoms with Crippen LogP contribution < -0.4 is 0 Å². The topological polar surface area (TPSA) is 39.2 Å². The second-order valence-electron chi connectivity index (χ2n) is 3.06. The largest absolute Gasteiger partial charge is 0.466 e. The van der Waals surface area contributed by atoms with E-state index in [9.17, 15) is 13.6 Å². The van der Waals surface area contributed by atoms with Gasteiger partial charge in [-0.25, -0.2) is 8.78 Å². The highest BCUT2D eigenvalue weighted by Gasteiger charge is 2.22. The zero-order chi connectivity index (χ0) is 13.0. The molecule has 1 aromatic heterocycles. The van der Waals surface area contributed by atoms with E-state index in [1.54, 1.807) is 6.92 Å². The van der Waals surface area contributed by atoms with E-state index in [0.717, 1.165) is 0 Å². The molecule has 0 atom stereocenters. The van der Waals surface area contributed by atoms with Gasteiger partial charge in [0.05, 0.1) is 24.3 Å². The van der Waals surface area contributed by atoms with Gasteiger partial charge < -0.3 is 4.74 Å². The van der Waals surface area contributed by atoms with E-state index in [1.165, 1.54) is 6.20 Å². The Morgan fingerprint density at radius 3 is 2.71 bits per heavy atom. The van der Waals surface area contributed by atoms with Gasteiger partial charge in [-0.3, -0.25) is 9.78 Å². The third kappa shape index (κ3) is 3.97. The van der Waals surface area contributed by atoms with Crippen molar-refractivity contribution in [3.05, 3.63) is 24.6 Å². The fourth-order valence-corrected chi connectivity index (χ4v) is 2.34. The minimum Gasteiger partial charge on any atom is -0.466 e. The molecule has 0 aliphatic carbocycles. The lowest BCUT2D eigenvalue weighted by Gasteiger charge is -2.10. The van der Waals surface area contributed by atoms with Crippen molar-refractivity contribution in [2.45, 2.75) is 19.8 Å². The lowest BCUT2D eigenvalue weighted by molar-refractivity contribution is -0.142. The maximum Gasteiger partial charge on any atom is 0.311 e. The molecule has 17 heavy (non-hydrogen) atoms. The van der Waals surface area contributed by atoms with E-state index < -0.39 is 12.4 Å². The van der Waals surface area contributed by atoms with Crippen molar-refractivity contribution in [1.82, 2.24) is 4.98 Å². The SMILES string of the molecule is CCOC(=O)Cc1ncc(I)c(I)c1C(F)F. The normalized spacial score (nSPS) is 10.7. The molecule has 1 rings (SSSR count). The summed E-state index contributed by atoms with van der Waals surface area (Å²) in [7, 11) is 0. The number of esters is 1. The summed E-state index contributed by atoms with van der Waals surface area (Å²) in [4.78, 5) is 15.2. The van der Waals surface area contributed by atoms with Crippen molar-refractivity contribution in [3.8, 4) is 0 Å². The van der Waals surface area contributed by atoms with Crippen molar-refractivity contribution in [2.75, 3.05) is 6.61 Å². The first-order chi connectivity index (χ1) is 7.97. The summed E-state index contributed by atoms with van der Waals surface area (Å²) in [5, 5.41) is 0. The molecule has 0 amide bonds. The van der Waals surface area contributed by atoms with Crippen LogP contribution in [-0.2, 0) is 16.0 Å². The predicted octanol–water partition coefficient (Wildman–Crippen LogP) is 3.33. The van der Waals surface area contributed by atoms with E-state index in [1.807, 2.05) is 45.2 Å². The van der Waals surface area contributed by atoms with Crippen LogP contribution in [0.25, 0.3) is 0 Å². The summed E-state index contributed by atoms with van der Waals surface area (Å²) < 4.78 is 31.6. The van der Waals surface area contributed by atoms with E-state index in [4.69, 9.17) is 4.74 Å². The maximum absolute atomic E-state index is 12.9. The number of pyridine rings is 1. The molecule has 0 spiro atoms. The quantitative estimate of drug-likeness (QED) is 0.504. The van der Waals surface area contributed by atoms with Gasteiger partial charge in [0.25, 0.3) is 6.43 Å². The second-order valence-corrected chi connectivity index (χ2v) is 5.30. The standard InChI is InChI=1S/C10H9F2I2NO2/c1-2-17-7(16)3-6-8(10(11)12)9(14)5(13)4-15-6/h4,10H,2-3H2,1H3. The van der Waals surface area contributed by atoms with Gasteiger partial charge in [-0.05, 0) is 52.1 Å². The summed E-state index contributed by atoms with van der Waals surface area (Å²) in [5.74, 6) is -0.543. The highest BCUT2D eigenvalue weighted by molar-refractivity contribution is 14.1. The number of nitrogens with zero attached hydrogens (tertiary/aromatic N) is 1. The third-order valence-electron chi connectivity index (χ3n) is 1.93. The number of rotatable bonds is 4. The Balaban J connectivity index is 3.07. The van der Waals surface area contributed by atoms with Crippen LogP contribution in [0.15, 0.2) is 6.20 Å². The summed E-state index contributed by atoms with van der Waals surface area (Å²) in [5.41, 5.74) is -0.0891. The number of aromatic nitrogens is 1. The van der Waals surface area contributed by atoms with Crippen molar-refractivity contribution < 1.29 is 18.3 Å². The molecule has 0 radical (unpaired) electrons. The fraction of sp³-hybridized carbons (Fsp3) is 0.400. The molecule has 3 nitrogen and oxygen atoms in total. The van der Waals surface area contributed by atoms with Gasteiger partial charge in [0.2, 0.25) is 0 Å². The average molecular weight is 467 g/mol. The van der Waals surface area contributed by atoms with Gasteiger partial charge in [0, 0.05) is 13.3 Å². The Bertz CT molecular complexity index is 427. The van der Waals surface area contributed by atoms with Crippen LogP contribution in [0.2, 0.25) is 0 Å². The molecular formula is C10H9F2I2NO2. The molecule has 0 N–H and O–H groups in total. The van der Waals surface area contributed by atoms with Crippen molar-refractivity contribution in [2.24, 2.45) is 0 Å². The van der Waals surface area contributed by atoms with E-state index in [2.05, 4.69) is 4.98 Å². The number of halogens is 4. The molecule has 0 saturated heterocycles. The highest BCUT2D eigenvalue weighted by atomic mass is 127. The molecule has 94 valence electrons. The van der Waals surface area contributed by atoms with Gasteiger partial charge in [-0.15, -0.1) is 0 Å². The number of ether oxygens (including phenoxy) is 1. The van der Waals surface area contributed by atoms with E-state index >= 15 is 0 Å². The molecule has 0 bridgehead atoms. The number of hydrogen-bond acceptors (Lipinski definition) is 3. The molecule has 0 unspecified atom stereocenters. The minimum atomic E-state index is -2.64. The van der Waals surface area contributed by atoms with Crippen LogP contribution >= 0.6 is 45.2 Å². The van der Waals surface area contributed by atoms with Gasteiger partial charge >= 0.3 is 5.97 Å². The van der Waals surface area contributed by atoms with Crippen molar-refractivity contribution >= 4 is 51.2 Å². The number of carbonyl (C=O) groups excluding carboxylic acids is 1. The Kier molecular flexibility index (Phi) is 5.97. The fourth-order valence-electron chi connectivity index (χ4n) is 1.23. The van der Waals surface area contributed by atoms with Crippen LogP contribution in [0.1, 0.15) is 24.6 Å². The summed E-state index contributed by atoms with van der Waals surface area (Å²) >= 11 is 3.77. The van der Waals surface area contributed by atoms with Crippen LogP contribution in [0.3, 0.4) is 0 Å². The van der Waals surface area contributed by atoms with Crippen LogP contribution in [0.4, 0.5) is 8.78 Å². The first-order valence-corrected chi connectivity index (χ1v) is 6.89. The predicted molar refractivity (Wildman–Crippen MR) is 75.0 cm³/mol. The molecule has 0 aliphatic heterocycles. The maximum atomic E-state index is 12.9. The van der Waals surface area contributed by atoms with Gasteiger partial charge in [0.15, 0.2) is 0 Å². The zero-order valence-electron chi connectivity index (χ0n) is 8.84. The Labute approximate surface area is 125 Å². The monoisotopic (exact) mass is 467 g/mol. The summed E-state index contributed by atoms with van der Waals surface area (Å²) in [6, 6.07) is 0. The summed E-state index contributed by atoms with van der Waals surface area (Å²) in [6.45, 7) is 1.89. The first kappa shape index (κ1) is 15.0. The third-order valence-corrected chi connectivity index (χ3v) is 4.94. The van der Waals surface area contributed by atoms with E-state index in [-0.39, 0.29) is 24.3 Å². The molecule has 0 fully saturated rings. The number of hydrogen-bond donors (Lipinski definition) is 0. The van der Waals surface area contributed by atoms with Crippen LogP contribution in [-0.4, -0.2) is 17.6 Å². The van der Waals surface area contributed by atoms with Crippen molar-refractivity contribution in [1.29, 1.82) is 0 Å². The van der Waals surface area contributed by atoms with Crippen LogP contribution in [0.5, 0.6) is 0 Å². The van der Waals surface area contributed by atoms with Gasteiger partial charge in [0.1, 0.15) is 0 Å². The summed E-state index contributed by atoms with van der Waals surface area (Å²) in [6.07, 6.45) is -1.39. The average Bonchev–Trinajstić information content (AvgIpc) is 2.23. The van der Waals surface area contributed by atoms with Gasteiger partial charge in [-0.1, -0.05) is 0 Å². The molecule has 0 saturated carbocycles. The number of alkyl halides is 2.